The Morgan fingerprint density at radius 2 is 2.00 bits per heavy atom. The van der Waals surface area contributed by atoms with Gasteiger partial charge in [0, 0.05) is 30.4 Å². The van der Waals surface area contributed by atoms with Gasteiger partial charge in [-0.3, -0.25) is 14.7 Å². The summed E-state index contributed by atoms with van der Waals surface area (Å²) in [6.07, 6.45) is 6.09. The largest absolute Gasteiger partial charge is 0.369 e. The molecule has 0 radical (unpaired) electrons. The summed E-state index contributed by atoms with van der Waals surface area (Å²) in [7, 11) is 1.70. The number of nitrogens with two attached hydrogens (primary N) is 1. The first-order valence-corrected chi connectivity index (χ1v) is 10.8. The van der Waals surface area contributed by atoms with Crippen molar-refractivity contribution < 1.29 is 4.79 Å². The second-order valence-electron chi connectivity index (χ2n) is 8.28. The van der Waals surface area contributed by atoms with Crippen LogP contribution >= 0.6 is 11.6 Å². The van der Waals surface area contributed by atoms with Crippen LogP contribution in [-0.2, 0) is 23.2 Å². The summed E-state index contributed by atoms with van der Waals surface area (Å²) in [4.78, 5) is 24.2. The summed E-state index contributed by atoms with van der Waals surface area (Å²) < 4.78 is 0. The monoisotopic (exact) mass is 430 g/mol. The number of aromatic nitrogens is 1. The van der Waals surface area contributed by atoms with Gasteiger partial charge >= 0.3 is 0 Å². The Bertz CT molecular complexity index is 1190. The van der Waals surface area contributed by atoms with Gasteiger partial charge in [-0.1, -0.05) is 41.9 Å². The van der Waals surface area contributed by atoms with Gasteiger partial charge in [0.15, 0.2) is 11.5 Å². The lowest BCUT2D eigenvalue weighted by molar-refractivity contribution is -0.133. The van der Waals surface area contributed by atoms with E-state index in [9.17, 15) is 4.79 Å². The molecule has 5 rings (SSSR count). The lowest BCUT2D eigenvalue weighted by atomic mass is 9.66. The molecule has 2 aromatic carbocycles. The summed E-state index contributed by atoms with van der Waals surface area (Å²) in [6, 6.07) is 18.0. The van der Waals surface area contributed by atoms with Crippen LogP contribution in [0.4, 0.5) is 0 Å². The number of nitrogens with zero attached hydrogens (tertiary/aromatic N) is 3. The van der Waals surface area contributed by atoms with Gasteiger partial charge in [-0.15, -0.1) is 0 Å². The second-order valence-corrected chi connectivity index (χ2v) is 8.72. The molecule has 2 aliphatic rings. The van der Waals surface area contributed by atoms with Gasteiger partial charge in [0.05, 0.1) is 0 Å². The number of likely N-dealkylation sites (N-methyl/N-ethyl adjacent to an activating group) is 1. The molecule has 0 fully saturated rings. The Labute approximate surface area is 186 Å². The highest BCUT2D eigenvalue weighted by Crippen LogP contribution is 2.48. The zero-order valence-electron chi connectivity index (χ0n) is 17.3. The summed E-state index contributed by atoms with van der Waals surface area (Å²) in [6.45, 7) is 0. The average molecular weight is 431 g/mol. The van der Waals surface area contributed by atoms with Crippen molar-refractivity contribution in [2.45, 2.75) is 24.8 Å². The number of carbonyl (C=O) groups is 1. The molecule has 0 unspecified atom stereocenters. The number of benzene rings is 2. The van der Waals surface area contributed by atoms with Gasteiger partial charge in [-0.05, 0) is 71.3 Å². The second kappa shape index (κ2) is 7.50. The van der Waals surface area contributed by atoms with Crippen LogP contribution in [-0.4, -0.2) is 28.8 Å². The molecule has 0 saturated heterocycles. The number of carbonyl (C=O) groups excluding carboxylic acids is 1. The van der Waals surface area contributed by atoms with Gasteiger partial charge in [-0.25, -0.2) is 4.99 Å². The molecule has 31 heavy (non-hydrogen) atoms. The topological polar surface area (TPSA) is 71.6 Å². The standard InChI is InChI=1S/C25H23ClN4O/c1-30-23(31)25(29-24(30)27)20(12-16-4-3-11-28-15-16)10-9-17-7-8-19(14-22(17)25)18-5-2-6-21(26)13-18/h2-8,11,13-15,20H,9-10,12H2,1H3,(H2,27,29)/t20-,25-/m0/s1. The van der Waals surface area contributed by atoms with Crippen molar-refractivity contribution in [2.75, 3.05) is 7.05 Å². The van der Waals surface area contributed by atoms with E-state index in [-0.39, 0.29) is 17.8 Å². The third kappa shape index (κ3) is 3.20. The number of amides is 1. The Hall–Kier alpha value is -3.18. The fourth-order valence-corrected chi connectivity index (χ4v) is 5.10. The number of hydrogen-bond acceptors (Lipinski definition) is 4. The molecule has 2 N–H and O–H groups in total. The fraction of sp³-hybridized carbons (Fsp3) is 0.240. The van der Waals surface area contributed by atoms with E-state index < -0.39 is 5.54 Å². The van der Waals surface area contributed by atoms with Crippen LogP contribution in [0.5, 0.6) is 0 Å². The number of pyridine rings is 1. The molecule has 0 bridgehead atoms. The van der Waals surface area contributed by atoms with Crippen LogP contribution < -0.4 is 5.73 Å². The van der Waals surface area contributed by atoms with E-state index in [1.807, 2.05) is 36.5 Å². The first kappa shape index (κ1) is 19.8. The molecule has 2 atom stereocenters. The van der Waals surface area contributed by atoms with E-state index in [4.69, 9.17) is 22.3 Å². The molecule has 5 nitrogen and oxygen atoms in total. The van der Waals surface area contributed by atoms with E-state index in [1.165, 1.54) is 4.90 Å². The predicted octanol–water partition coefficient (Wildman–Crippen LogP) is 4.19. The van der Waals surface area contributed by atoms with Gasteiger partial charge < -0.3 is 5.73 Å². The van der Waals surface area contributed by atoms with Gasteiger partial charge in [-0.2, -0.15) is 0 Å². The van der Waals surface area contributed by atoms with E-state index >= 15 is 0 Å². The number of guanidine groups is 1. The molecule has 3 aromatic rings. The van der Waals surface area contributed by atoms with Crippen molar-refractivity contribution >= 4 is 23.5 Å². The maximum Gasteiger partial charge on any atom is 0.261 e. The molecule has 1 aliphatic heterocycles. The van der Waals surface area contributed by atoms with Crippen LogP contribution in [0.2, 0.25) is 5.02 Å². The highest BCUT2D eigenvalue weighted by atomic mass is 35.5. The van der Waals surface area contributed by atoms with Gasteiger partial charge in [0.1, 0.15) is 0 Å². The summed E-state index contributed by atoms with van der Waals surface area (Å²) in [5.41, 5.74) is 10.4. The van der Waals surface area contributed by atoms with Crippen molar-refractivity contribution in [3.8, 4) is 11.1 Å². The molecule has 1 aliphatic carbocycles. The molecule has 1 aromatic heterocycles. The molecule has 6 heteroatoms. The van der Waals surface area contributed by atoms with E-state index in [2.05, 4.69) is 29.2 Å². The van der Waals surface area contributed by atoms with Crippen LogP contribution in [0.15, 0.2) is 72.0 Å². The van der Waals surface area contributed by atoms with E-state index in [1.54, 1.807) is 13.2 Å². The number of hydrogen-bond donors (Lipinski definition) is 1. The third-order valence-corrected chi connectivity index (χ3v) is 6.74. The highest BCUT2D eigenvalue weighted by Gasteiger charge is 2.55. The summed E-state index contributed by atoms with van der Waals surface area (Å²) >= 11 is 6.23. The van der Waals surface area contributed by atoms with Crippen molar-refractivity contribution in [1.82, 2.24) is 9.88 Å². The molecule has 156 valence electrons. The number of fused-ring (bicyclic) bond motifs is 2. The normalized spacial score (nSPS) is 22.5. The fourth-order valence-electron chi connectivity index (χ4n) is 4.91. The Balaban J connectivity index is 1.67. The van der Waals surface area contributed by atoms with Gasteiger partial charge in [0.2, 0.25) is 0 Å². The Morgan fingerprint density at radius 3 is 2.71 bits per heavy atom. The minimum absolute atomic E-state index is 0.00480. The summed E-state index contributed by atoms with van der Waals surface area (Å²) in [5.74, 6) is 0.195. The SMILES string of the molecule is CN1C(=O)[C@@]2(N=C1N)c1cc(-c3cccc(Cl)c3)ccc1CC[C@H]2Cc1cccnc1. The van der Waals surface area contributed by atoms with Crippen LogP contribution in [0, 0.1) is 5.92 Å². The molecule has 2 heterocycles. The van der Waals surface area contributed by atoms with Crippen LogP contribution in [0.25, 0.3) is 11.1 Å². The van der Waals surface area contributed by atoms with E-state index in [0.29, 0.717) is 11.4 Å². The van der Waals surface area contributed by atoms with E-state index in [0.717, 1.165) is 40.7 Å². The Morgan fingerprint density at radius 1 is 1.16 bits per heavy atom. The number of halogens is 1. The Kier molecular flexibility index (Phi) is 4.78. The molecular formula is C25H23ClN4O. The molecule has 1 amide bonds. The zero-order chi connectivity index (χ0) is 21.6. The first-order valence-electron chi connectivity index (χ1n) is 10.4. The minimum Gasteiger partial charge on any atom is -0.369 e. The predicted molar refractivity (Wildman–Crippen MR) is 123 cm³/mol. The third-order valence-electron chi connectivity index (χ3n) is 6.50. The van der Waals surface area contributed by atoms with Gasteiger partial charge in [0.25, 0.3) is 5.91 Å². The van der Waals surface area contributed by atoms with Crippen molar-refractivity contribution in [2.24, 2.45) is 16.6 Å². The minimum atomic E-state index is -1.02. The average Bonchev–Trinajstić information content (AvgIpc) is 3.01. The molecule has 1 spiro atoms. The number of aliphatic imine (C=N–C) groups is 1. The lowest BCUT2D eigenvalue weighted by Gasteiger charge is -2.39. The molecular weight excluding hydrogens is 408 g/mol. The summed E-state index contributed by atoms with van der Waals surface area (Å²) in [5, 5.41) is 0.679. The maximum atomic E-state index is 13.7. The first-order chi connectivity index (χ1) is 15.0. The lowest BCUT2D eigenvalue weighted by Crippen LogP contribution is -2.48. The number of rotatable bonds is 3. The highest BCUT2D eigenvalue weighted by molar-refractivity contribution is 6.30. The quantitative estimate of drug-likeness (QED) is 0.677. The van der Waals surface area contributed by atoms with Crippen molar-refractivity contribution in [3.63, 3.8) is 0 Å². The van der Waals surface area contributed by atoms with Crippen molar-refractivity contribution in [3.05, 3.63) is 88.7 Å². The smallest absolute Gasteiger partial charge is 0.261 e. The molecule has 0 saturated carbocycles. The number of aryl methyl sites for hydroxylation is 1. The zero-order valence-corrected chi connectivity index (χ0v) is 18.0. The van der Waals surface area contributed by atoms with Crippen LogP contribution in [0.3, 0.4) is 0 Å². The maximum absolute atomic E-state index is 13.7. The van der Waals surface area contributed by atoms with Crippen LogP contribution in [0.1, 0.15) is 23.1 Å². The van der Waals surface area contributed by atoms with Crippen molar-refractivity contribution in [1.29, 1.82) is 0 Å².